The molecule has 0 unspecified atom stereocenters. The molecular weight excluding hydrogens is 196 g/mol. The van der Waals surface area contributed by atoms with E-state index in [1.807, 2.05) is 30.6 Å². The zero-order chi connectivity index (χ0) is 10.8. The van der Waals surface area contributed by atoms with Gasteiger partial charge in [-0.25, -0.2) is 0 Å². The van der Waals surface area contributed by atoms with Crippen LogP contribution in [-0.2, 0) is 12.8 Å². The molecule has 1 aliphatic carbocycles. The summed E-state index contributed by atoms with van der Waals surface area (Å²) < 4.78 is 0. The average molecular weight is 210 g/mol. The summed E-state index contributed by atoms with van der Waals surface area (Å²) >= 11 is 0. The maximum atomic E-state index is 4.50. The number of hydrogen-bond donors (Lipinski definition) is 0. The Hall–Kier alpha value is -1.70. The Morgan fingerprint density at radius 2 is 1.75 bits per heavy atom. The number of nitrogens with zero attached hydrogens (tertiary/aromatic N) is 2. The first-order valence-corrected chi connectivity index (χ1v) is 5.83. The molecule has 0 atom stereocenters. The average Bonchev–Trinajstić information content (AvgIpc) is 2.39. The van der Waals surface area contributed by atoms with E-state index in [1.165, 1.54) is 36.8 Å². The highest BCUT2D eigenvalue weighted by Crippen LogP contribution is 2.24. The Labute approximate surface area is 95.4 Å². The second-order valence-electron chi connectivity index (χ2n) is 4.26. The molecule has 0 spiro atoms. The van der Waals surface area contributed by atoms with E-state index < -0.39 is 0 Å². The van der Waals surface area contributed by atoms with Crippen LogP contribution in [0.4, 0.5) is 0 Å². The minimum Gasteiger partial charge on any atom is -0.255 e. The van der Waals surface area contributed by atoms with Gasteiger partial charge in [0.2, 0.25) is 0 Å². The number of fused-ring (bicyclic) bond motifs is 1. The largest absolute Gasteiger partial charge is 0.255 e. The van der Waals surface area contributed by atoms with Gasteiger partial charge in [-0.1, -0.05) is 6.07 Å². The number of hydrogen-bond acceptors (Lipinski definition) is 2. The molecule has 2 heteroatoms. The highest BCUT2D eigenvalue weighted by atomic mass is 14.8. The van der Waals surface area contributed by atoms with Crippen molar-refractivity contribution in [3.05, 3.63) is 47.8 Å². The standard InChI is InChI=1S/C14H14N2/c1-2-6-12-10-16-14(9-11(12)5-1)13-7-3-4-8-15-13/h3-4,7-10H,1-2,5-6H2. The molecule has 0 aromatic carbocycles. The molecule has 2 nitrogen and oxygen atoms in total. The van der Waals surface area contributed by atoms with Gasteiger partial charge in [0.15, 0.2) is 0 Å². The van der Waals surface area contributed by atoms with E-state index in [9.17, 15) is 0 Å². The van der Waals surface area contributed by atoms with Crippen LogP contribution in [0.2, 0.25) is 0 Å². The highest BCUT2D eigenvalue weighted by Gasteiger charge is 2.11. The van der Waals surface area contributed by atoms with E-state index in [1.54, 1.807) is 0 Å². The fraction of sp³-hybridized carbons (Fsp3) is 0.286. The molecule has 16 heavy (non-hydrogen) atoms. The van der Waals surface area contributed by atoms with E-state index in [0.717, 1.165) is 11.4 Å². The number of aryl methyl sites for hydroxylation is 2. The Bertz CT molecular complexity index is 491. The third-order valence-electron chi connectivity index (χ3n) is 3.15. The Kier molecular flexibility index (Phi) is 2.41. The van der Waals surface area contributed by atoms with Gasteiger partial charge in [0, 0.05) is 12.4 Å². The quantitative estimate of drug-likeness (QED) is 0.723. The molecule has 0 amide bonds. The number of aromatic nitrogens is 2. The number of rotatable bonds is 1. The molecule has 80 valence electrons. The monoisotopic (exact) mass is 210 g/mol. The summed E-state index contributed by atoms with van der Waals surface area (Å²) in [5.74, 6) is 0. The summed E-state index contributed by atoms with van der Waals surface area (Å²) in [6.45, 7) is 0. The molecule has 0 radical (unpaired) electrons. The molecule has 0 fully saturated rings. The third-order valence-corrected chi connectivity index (χ3v) is 3.15. The molecule has 2 aromatic heterocycles. The highest BCUT2D eigenvalue weighted by molar-refractivity contribution is 5.55. The summed E-state index contributed by atoms with van der Waals surface area (Å²) in [5, 5.41) is 0. The fourth-order valence-corrected chi connectivity index (χ4v) is 2.27. The fourth-order valence-electron chi connectivity index (χ4n) is 2.27. The van der Waals surface area contributed by atoms with Gasteiger partial charge >= 0.3 is 0 Å². The molecule has 2 aromatic rings. The summed E-state index contributed by atoms with van der Waals surface area (Å²) in [5.41, 5.74) is 4.85. The lowest BCUT2D eigenvalue weighted by Crippen LogP contribution is -2.03. The normalized spacial score (nSPS) is 14.5. The van der Waals surface area contributed by atoms with Crippen molar-refractivity contribution in [1.29, 1.82) is 0 Å². The van der Waals surface area contributed by atoms with Crippen molar-refractivity contribution in [3.8, 4) is 11.4 Å². The van der Waals surface area contributed by atoms with Crippen molar-refractivity contribution in [3.63, 3.8) is 0 Å². The predicted octanol–water partition coefficient (Wildman–Crippen LogP) is 3.02. The molecule has 0 saturated heterocycles. The second-order valence-corrected chi connectivity index (χ2v) is 4.26. The third kappa shape index (κ3) is 1.71. The predicted molar refractivity (Wildman–Crippen MR) is 64.1 cm³/mol. The Morgan fingerprint density at radius 3 is 2.56 bits per heavy atom. The van der Waals surface area contributed by atoms with Crippen LogP contribution in [0.15, 0.2) is 36.7 Å². The van der Waals surface area contributed by atoms with Crippen molar-refractivity contribution >= 4 is 0 Å². The van der Waals surface area contributed by atoms with E-state index >= 15 is 0 Å². The van der Waals surface area contributed by atoms with Crippen LogP contribution in [0.5, 0.6) is 0 Å². The van der Waals surface area contributed by atoms with Gasteiger partial charge in [0.05, 0.1) is 11.4 Å². The van der Waals surface area contributed by atoms with Crippen molar-refractivity contribution in [2.45, 2.75) is 25.7 Å². The molecule has 0 N–H and O–H groups in total. The lowest BCUT2D eigenvalue weighted by molar-refractivity contribution is 0.682. The van der Waals surface area contributed by atoms with Gasteiger partial charge in [0.25, 0.3) is 0 Å². The van der Waals surface area contributed by atoms with Crippen LogP contribution in [0.3, 0.4) is 0 Å². The van der Waals surface area contributed by atoms with E-state index in [2.05, 4.69) is 16.0 Å². The van der Waals surface area contributed by atoms with Crippen LogP contribution < -0.4 is 0 Å². The van der Waals surface area contributed by atoms with Crippen molar-refractivity contribution < 1.29 is 0 Å². The van der Waals surface area contributed by atoms with Crippen LogP contribution in [-0.4, -0.2) is 9.97 Å². The van der Waals surface area contributed by atoms with Gasteiger partial charge in [-0.2, -0.15) is 0 Å². The molecule has 2 heterocycles. The smallest absolute Gasteiger partial charge is 0.0889 e. The van der Waals surface area contributed by atoms with E-state index in [-0.39, 0.29) is 0 Å². The van der Waals surface area contributed by atoms with Crippen LogP contribution >= 0.6 is 0 Å². The van der Waals surface area contributed by atoms with Gasteiger partial charge < -0.3 is 0 Å². The van der Waals surface area contributed by atoms with Crippen LogP contribution in [0, 0.1) is 0 Å². The molecule has 1 aliphatic rings. The first kappa shape index (κ1) is 9.52. The summed E-state index contributed by atoms with van der Waals surface area (Å²) in [6, 6.07) is 8.15. The zero-order valence-electron chi connectivity index (χ0n) is 9.19. The molecule has 0 aliphatic heterocycles. The van der Waals surface area contributed by atoms with Gasteiger partial charge in [-0.15, -0.1) is 0 Å². The summed E-state index contributed by atoms with van der Waals surface area (Å²) in [4.78, 5) is 8.84. The van der Waals surface area contributed by atoms with Gasteiger partial charge in [-0.3, -0.25) is 9.97 Å². The topological polar surface area (TPSA) is 25.8 Å². The van der Waals surface area contributed by atoms with Crippen LogP contribution in [0.25, 0.3) is 11.4 Å². The van der Waals surface area contributed by atoms with Crippen molar-refractivity contribution in [1.82, 2.24) is 9.97 Å². The lowest BCUT2D eigenvalue weighted by Gasteiger charge is -2.15. The second kappa shape index (κ2) is 4.05. The minimum atomic E-state index is 0.968. The van der Waals surface area contributed by atoms with Crippen molar-refractivity contribution in [2.24, 2.45) is 0 Å². The van der Waals surface area contributed by atoms with Crippen molar-refractivity contribution in [2.75, 3.05) is 0 Å². The van der Waals surface area contributed by atoms with Gasteiger partial charge in [-0.05, 0) is 55.0 Å². The zero-order valence-corrected chi connectivity index (χ0v) is 9.19. The molecule has 0 bridgehead atoms. The SMILES string of the molecule is c1ccc(-c2cc3c(cn2)CCCC3)nc1. The minimum absolute atomic E-state index is 0.968. The maximum Gasteiger partial charge on any atom is 0.0889 e. The molecule has 3 rings (SSSR count). The Balaban J connectivity index is 2.03. The van der Waals surface area contributed by atoms with E-state index in [0.29, 0.717) is 0 Å². The van der Waals surface area contributed by atoms with Crippen LogP contribution in [0.1, 0.15) is 24.0 Å². The Morgan fingerprint density at radius 1 is 0.875 bits per heavy atom. The van der Waals surface area contributed by atoms with E-state index in [4.69, 9.17) is 0 Å². The summed E-state index contributed by atoms with van der Waals surface area (Å²) in [7, 11) is 0. The first-order valence-electron chi connectivity index (χ1n) is 5.83. The van der Waals surface area contributed by atoms with Gasteiger partial charge in [0.1, 0.15) is 0 Å². The molecule has 0 saturated carbocycles. The number of pyridine rings is 2. The molecular formula is C14H14N2. The first-order chi connectivity index (χ1) is 7.93. The lowest BCUT2D eigenvalue weighted by atomic mass is 9.92. The summed E-state index contributed by atoms with van der Waals surface area (Å²) in [6.07, 6.45) is 8.83. The maximum absolute atomic E-state index is 4.50.